The van der Waals surface area contributed by atoms with Gasteiger partial charge in [0, 0.05) is 30.9 Å². The molecular formula is C16H21N3. The maximum atomic E-state index is 4.06. The minimum atomic E-state index is 0.515. The normalized spacial score (nSPS) is 18.8. The van der Waals surface area contributed by atoms with Gasteiger partial charge in [-0.15, -0.1) is 0 Å². The predicted molar refractivity (Wildman–Crippen MR) is 77.0 cm³/mol. The number of rotatable bonds is 4. The maximum absolute atomic E-state index is 4.06. The molecule has 1 aromatic heterocycles. The third-order valence-electron chi connectivity index (χ3n) is 3.96. The Kier molecular flexibility index (Phi) is 3.94. The zero-order chi connectivity index (χ0) is 12.9. The summed E-state index contributed by atoms with van der Waals surface area (Å²) in [6.45, 7) is 1.00. The summed E-state index contributed by atoms with van der Waals surface area (Å²) in [5.41, 5.74) is 4.23. The van der Waals surface area contributed by atoms with E-state index in [1.54, 1.807) is 6.33 Å². The summed E-state index contributed by atoms with van der Waals surface area (Å²) in [6, 6.07) is 9.40. The average molecular weight is 255 g/mol. The van der Waals surface area contributed by atoms with E-state index in [0.29, 0.717) is 6.04 Å². The molecule has 0 aliphatic heterocycles. The van der Waals surface area contributed by atoms with Crippen molar-refractivity contribution in [3.63, 3.8) is 0 Å². The summed E-state index contributed by atoms with van der Waals surface area (Å²) < 4.78 is 0. The fraction of sp³-hybridized carbons (Fsp3) is 0.438. The van der Waals surface area contributed by atoms with E-state index >= 15 is 0 Å². The van der Waals surface area contributed by atoms with Crippen LogP contribution in [0.3, 0.4) is 0 Å². The Morgan fingerprint density at radius 3 is 3.11 bits per heavy atom. The topological polar surface area (TPSA) is 40.7 Å². The number of benzene rings is 1. The first-order valence-corrected chi connectivity index (χ1v) is 7.22. The molecule has 1 heterocycles. The third kappa shape index (κ3) is 3.04. The molecule has 0 fully saturated rings. The van der Waals surface area contributed by atoms with Crippen molar-refractivity contribution >= 4 is 0 Å². The van der Waals surface area contributed by atoms with Gasteiger partial charge < -0.3 is 10.3 Å². The molecule has 1 atom stereocenters. The van der Waals surface area contributed by atoms with Crippen LogP contribution < -0.4 is 5.32 Å². The van der Waals surface area contributed by atoms with Gasteiger partial charge in [0.15, 0.2) is 0 Å². The van der Waals surface area contributed by atoms with Crippen LogP contribution >= 0.6 is 0 Å². The molecule has 1 unspecified atom stereocenters. The van der Waals surface area contributed by atoms with E-state index in [-0.39, 0.29) is 0 Å². The van der Waals surface area contributed by atoms with Crippen LogP contribution in [-0.2, 0) is 12.8 Å². The lowest BCUT2D eigenvalue weighted by Crippen LogP contribution is -2.24. The Bertz CT molecular complexity index is 504. The van der Waals surface area contributed by atoms with Crippen molar-refractivity contribution in [2.24, 2.45) is 0 Å². The second-order valence-electron chi connectivity index (χ2n) is 5.28. The number of imidazole rings is 1. The van der Waals surface area contributed by atoms with Crippen LogP contribution in [0, 0.1) is 0 Å². The first-order chi connectivity index (χ1) is 9.43. The second-order valence-corrected chi connectivity index (χ2v) is 5.28. The summed E-state index contributed by atoms with van der Waals surface area (Å²) in [7, 11) is 0. The summed E-state index contributed by atoms with van der Waals surface area (Å²) in [5, 5.41) is 3.71. The van der Waals surface area contributed by atoms with Crippen LogP contribution in [0.4, 0.5) is 0 Å². The van der Waals surface area contributed by atoms with E-state index < -0.39 is 0 Å². The van der Waals surface area contributed by atoms with Crippen molar-refractivity contribution in [1.29, 1.82) is 0 Å². The highest BCUT2D eigenvalue weighted by Gasteiger charge is 2.17. The van der Waals surface area contributed by atoms with Gasteiger partial charge in [0.2, 0.25) is 0 Å². The van der Waals surface area contributed by atoms with Gasteiger partial charge in [-0.25, -0.2) is 4.98 Å². The molecule has 3 nitrogen and oxygen atoms in total. The standard InChI is InChI=1S/C16H21N3/c1-3-7-15-13(5-1)6-2-4-8-16(15)18-10-9-14-11-17-12-19-14/h1,3,5,7,11-12,16,18H,2,4,6,8-10H2,(H,17,19). The number of H-pyrrole nitrogens is 1. The number of aryl methyl sites for hydroxylation is 1. The molecule has 3 heteroatoms. The smallest absolute Gasteiger partial charge is 0.0921 e. The van der Waals surface area contributed by atoms with Crippen molar-refractivity contribution in [2.75, 3.05) is 6.54 Å². The first-order valence-electron chi connectivity index (χ1n) is 7.22. The van der Waals surface area contributed by atoms with Gasteiger partial charge in [-0.2, -0.15) is 0 Å². The lowest BCUT2D eigenvalue weighted by Gasteiger charge is -2.19. The van der Waals surface area contributed by atoms with E-state index in [2.05, 4.69) is 39.6 Å². The molecule has 0 saturated heterocycles. The summed E-state index contributed by atoms with van der Waals surface area (Å²) >= 11 is 0. The largest absolute Gasteiger partial charge is 0.348 e. The van der Waals surface area contributed by atoms with Crippen molar-refractivity contribution in [2.45, 2.75) is 38.1 Å². The number of hydrogen-bond acceptors (Lipinski definition) is 2. The van der Waals surface area contributed by atoms with E-state index in [1.165, 1.54) is 42.5 Å². The highest BCUT2D eigenvalue weighted by molar-refractivity contribution is 5.31. The molecule has 0 amide bonds. The molecule has 19 heavy (non-hydrogen) atoms. The molecule has 0 spiro atoms. The average Bonchev–Trinajstić information content (AvgIpc) is 2.87. The number of nitrogens with one attached hydrogen (secondary N) is 2. The second kappa shape index (κ2) is 6.02. The lowest BCUT2D eigenvalue weighted by atomic mass is 9.99. The van der Waals surface area contributed by atoms with Gasteiger partial charge >= 0.3 is 0 Å². The fourth-order valence-electron chi connectivity index (χ4n) is 2.94. The molecule has 0 bridgehead atoms. The molecule has 2 aromatic rings. The Morgan fingerprint density at radius 1 is 1.26 bits per heavy atom. The number of aromatic nitrogens is 2. The van der Waals surface area contributed by atoms with E-state index in [4.69, 9.17) is 0 Å². The van der Waals surface area contributed by atoms with Crippen LogP contribution in [0.2, 0.25) is 0 Å². The zero-order valence-corrected chi connectivity index (χ0v) is 11.2. The summed E-state index contributed by atoms with van der Waals surface area (Å²) in [6.07, 6.45) is 9.78. The van der Waals surface area contributed by atoms with E-state index in [1.807, 2.05) is 6.20 Å². The van der Waals surface area contributed by atoms with Gasteiger partial charge in [-0.3, -0.25) is 0 Å². The molecule has 1 aromatic carbocycles. The van der Waals surface area contributed by atoms with Gasteiger partial charge in [-0.1, -0.05) is 30.7 Å². The highest BCUT2D eigenvalue weighted by Crippen LogP contribution is 2.28. The van der Waals surface area contributed by atoms with Gasteiger partial charge in [0.25, 0.3) is 0 Å². The first kappa shape index (κ1) is 12.4. The van der Waals surface area contributed by atoms with Gasteiger partial charge in [-0.05, 0) is 30.4 Å². The van der Waals surface area contributed by atoms with Crippen molar-refractivity contribution in [3.8, 4) is 0 Å². The van der Waals surface area contributed by atoms with Crippen LogP contribution in [0.15, 0.2) is 36.8 Å². The van der Waals surface area contributed by atoms with Gasteiger partial charge in [0.1, 0.15) is 0 Å². The third-order valence-corrected chi connectivity index (χ3v) is 3.96. The van der Waals surface area contributed by atoms with Crippen molar-refractivity contribution < 1.29 is 0 Å². The molecule has 1 aliphatic carbocycles. The molecule has 1 aliphatic rings. The Morgan fingerprint density at radius 2 is 2.21 bits per heavy atom. The molecule has 0 radical (unpaired) electrons. The van der Waals surface area contributed by atoms with Crippen molar-refractivity contribution in [1.82, 2.24) is 15.3 Å². The fourth-order valence-corrected chi connectivity index (χ4v) is 2.94. The molecule has 100 valence electrons. The molecule has 0 saturated carbocycles. The minimum Gasteiger partial charge on any atom is -0.348 e. The van der Waals surface area contributed by atoms with E-state index in [9.17, 15) is 0 Å². The highest BCUT2D eigenvalue weighted by atomic mass is 14.9. The Hall–Kier alpha value is -1.61. The van der Waals surface area contributed by atoms with Gasteiger partial charge in [0.05, 0.1) is 6.33 Å². The van der Waals surface area contributed by atoms with E-state index in [0.717, 1.165) is 13.0 Å². The number of hydrogen-bond donors (Lipinski definition) is 2. The summed E-state index contributed by atoms with van der Waals surface area (Å²) in [5.74, 6) is 0. The summed E-state index contributed by atoms with van der Waals surface area (Å²) in [4.78, 5) is 7.21. The van der Waals surface area contributed by atoms with Crippen molar-refractivity contribution in [3.05, 3.63) is 53.6 Å². The zero-order valence-electron chi connectivity index (χ0n) is 11.2. The van der Waals surface area contributed by atoms with Crippen LogP contribution in [-0.4, -0.2) is 16.5 Å². The number of fused-ring (bicyclic) bond motifs is 1. The quantitative estimate of drug-likeness (QED) is 0.825. The Balaban J connectivity index is 1.63. The molecular weight excluding hydrogens is 234 g/mol. The molecule has 3 rings (SSSR count). The SMILES string of the molecule is c1ccc2c(c1)CCCCC2NCCc1cnc[nH]1. The minimum absolute atomic E-state index is 0.515. The number of aromatic amines is 1. The monoisotopic (exact) mass is 255 g/mol. The molecule has 2 N–H and O–H groups in total. The van der Waals surface area contributed by atoms with Crippen LogP contribution in [0.25, 0.3) is 0 Å². The van der Waals surface area contributed by atoms with Crippen LogP contribution in [0.1, 0.15) is 42.1 Å². The maximum Gasteiger partial charge on any atom is 0.0921 e. The lowest BCUT2D eigenvalue weighted by molar-refractivity contribution is 0.492. The number of nitrogens with zero attached hydrogens (tertiary/aromatic N) is 1. The Labute approximate surface area is 114 Å². The predicted octanol–water partition coefficient (Wildman–Crippen LogP) is 3.01. The van der Waals surface area contributed by atoms with Crippen LogP contribution in [0.5, 0.6) is 0 Å².